The number of nitrogens with zero attached hydrogens (tertiary/aromatic N) is 1. The Bertz CT molecular complexity index is 753. The highest BCUT2D eigenvalue weighted by Crippen LogP contribution is 2.17. The van der Waals surface area contributed by atoms with Gasteiger partial charge in [0, 0.05) is 18.7 Å². The third kappa shape index (κ3) is 4.42. The van der Waals surface area contributed by atoms with Gasteiger partial charge in [0.2, 0.25) is 5.91 Å². The normalized spacial score (nSPS) is 11.2. The topological polar surface area (TPSA) is 54.5 Å². The van der Waals surface area contributed by atoms with Gasteiger partial charge in [-0.05, 0) is 38.1 Å². The molecule has 0 saturated carbocycles. The highest BCUT2D eigenvalue weighted by molar-refractivity contribution is 7.91. The average Bonchev–Trinajstić information content (AvgIpc) is 2.55. The zero-order valence-corrected chi connectivity index (χ0v) is 14.2. The van der Waals surface area contributed by atoms with Gasteiger partial charge in [-0.1, -0.05) is 35.9 Å². The van der Waals surface area contributed by atoms with Crippen molar-refractivity contribution in [2.45, 2.75) is 25.2 Å². The Hall–Kier alpha value is -2.14. The lowest BCUT2D eigenvalue weighted by atomic mass is 10.2. The summed E-state index contributed by atoms with van der Waals surface area (Å²) in [7, 11) is -3.44. The van der Waals surface area contributed by atoms with Crippen molar-refractivity contribution in [1.29, 1.82) is 0 Å². The summed E-state index contributed by atoms with van der Waals surface area (Å²) in [5.41, 5.74) is 1.79. The number of carbonyl (C=O) groups is 1. The van der Waals surface area contributed by atoms with Crippen LogP contribution in [-0.4, -0.2) is 26.6 Å². The monoisotopic (exact) mass is 331 g/mol. The lowest BCUT2D eigenvalue weighted by molar-refractivity contribution is -0.118. The minimum Gasteiger partial charge on any atom is -0.313 e. The third-order valence-electron chi connectivity index (χ3n) is 3.65. The number of hydrogen-bond donors (Lipinski definition) is 0. The fourth-order valence-electron chi connectivity index (χ4n) is 2.33. The first kappa shape index (κ1) is 17.2. The second kappa shape index (κ2) is 7.42. The molecule has 0 atom stereocenters. The van der Waals surface area contributed by atoms with Crippen LogP contribution in [0.25, 0.3) is 0 Å². The van der Waals surface area contributed by atoms with Crippen molar-refractivity contribution >= 4 is 21.4 Å². The summed E-state index contributed by atoms with van der Waals surface area (Å²) >= 11 is 0. The molecule has 0 spiro atoms. The van der Waals surface area contributed by atoms with Crippen molar-refractivity contribution in [1.82, 2.24) is 0 Å². The van der Waals surface area contributed by atoms with Crippen LogP contribution in [0.3, 0.4) is 0 Å². The molecular weight excluding hydrogens is 310 g/mol. The van der Waals surface area contributed by atoms with Gasteiger partial charge in [-0.2, -0.15) is 0 Å². The lowest BCUT2D eigenvalue weighted by Gasteiger charge is -2.21. The summed E-state index contributed by atoms with van der Waals surface area (Å²) in [6.45, 7) is 4.28. The van der Waals surface area contributed by atoms with E-state index in [0.717, 1.165) is 11.3 Å². The molecule has 1 amide bonds. The van der Waals surface area contributed by atoms with Crippen molar-refractivity contribution < 1.29 is 13.2 Å². The van der Waals surface area contributed by atoms with Gasteiger partial charge in [-0.25, -0.2) is 8.42 Å². The molecule has 2 rings (SSSR count). The van der Waals surface area contributed by atoms with Crippen molar-refractivity contribution in [3.05, 3.63) is 60.2 Å². The van der Waals surface area contributed by atoms with Crippen LogP contribution in [0.4, 0.5) is 5.69 Å². The molecule has 0 fully saturated rings. The Balaban J connectivity index is 2.07. The van der Waals surface area contributed by atoms with Crippen LogP contribution in [0.2, 0.25) is 0 Å². The second-order valence-electron chi connectivity index (χ2n) is 5.36. The predicted molar refractivity (Wildman–Crippen MR) is 92.3 cm³/mol. The Labute approximate surface area is 137 Å². The number of hydrogen-bond acceptors (Lipinski definition) is 3. The number of rotatable bonds is 6. The number of para-hydroxylation sites is 1. The summed E-state index contributed by atoms with van der Waals surface area (Å²) < 4.78 is 24.6. The molecule has 0 aliphatic carbocycles. The van der Waals surface area contributed by atoms with Crippen LogP contribution in [0.5, 0.6) is 0 Å². The van der Waals surface area contributed by atoms with Gasteiger partial charge in [-0.3, -0.25) is 4.79 Å². The van der Waals surface area contributed by atoms with Crippen LogP contribution in [0.15, 0.2) is 59.5 Å². The maximum Gasteiger partial charge on any atom is 0.228 e. The van der Waals surface area contributed by atoms with Gasteiger partial charge in [0.05, 0.1) is 10.6 Å². The molecule has 0 heterocycles. The van der Waals surface area contributed by atoms with E-state index in [2.05, 4.69) is 0 Å². The molecule has 0 bridgehead atoms. The largest absolute Gasteiger partial charge is 0.313 e. The summed E-state index contributed by atoms with van der Waals surface area (Å²) in [5.74, 6) is -0.368. The molecule has 0 aromatic heterocycles. The predicted octanol–water partition coefficient (Wildman–Crippen LogP) is 3.21. The van der Waals surface area contributed by atoms with Crippen molar-refractivity contribution in [3.63, 3.8) is 0 Å². The molecule has 5 heteroatoms. The summed E-state index contributed by atoms with van der Waals surface area (Å²) in [4.78, 5) is 14.2. The van der Waals surface area contributed by atoms with Crippen LogP contribution in [0, 0.1) is 6.92 Å². The van der Waals surface area contributed by atoms with Crippen molar-refractivity contribution in [2.75, 3.05) is 17.2 Å². The highest BCUT2D eigenvalue weighted by Gasteiger charge is 2.19. The number of sulfone groups is 1. The van der Waals surface area contributed by atoms with E-state index < -0.39 is 9.84 Å². The maximum absolute atomic E-state index is 12.4. The zero-order chi connectivity index (χ0) is 16.9. The number of benzene rings is 2. The van der Waals surface area contributed by atoms with E-state index in [4.69, 9.17) is 0 Å². The first-order chi connectivity index (χ1) is 10.9. The minimum atomic E-state index is -3.44. The minimum absolute atomic E-state index is 0.0288. The van der Waals surface area contributed by atoms with Gasteiger partial charge < -0.3 is 4.90 Å². The second-order valence-corrected chi connectivity index (χ2v) is 7.46. The van der Waals surface area contributed by atoms with E-state index in [1.54, 1.807) is 29.2 Å². The average molecular weight is 331 g/mol. The standard InChI is InChI=1S/C18H21NO3S/c1-3-19(16-7-5-4-6-8-16)18(20)13-14-23(21,22)17-11-9-15(2)10-12-17/h4-12H,3,13-14H2,1-2H3. The fourth-order valence-corrected chi connectivity index (χ4v) is 3.56. The van der Waals surface area contributed by atoms with Crippen LogP contribution in [0.1, 0.15) is 18.9 Å². The van der Waals surface area contributed by atoms with E-state index in [1.165, 1.54) is 0 Å². The van der Waals surface area contributed by atoms with Gasteiger partial charge >= 0.3 is 0 Å². The molecule has 0 unspecified atom stereocenters. The molecule has 0 aliphatic rings. The zero-order valence-electron chi connectivity index (χ0n) is 13.4. The van der Waals surface area contributed by atoms with Crippen molar-refractivity contribution in [2.24, 2.45) is 0 Å². The van der Waals surface area contributed by atoms with Gasteiger partial charge in [-0.15, -0.1) is 0 Å². The number of aryl methyl sites for hydroxylation is 1. The first-order valence-corrected chi connectivity index (χ1v) is 9.24. The number of carbonyl (C=O) groups excluding carboxylic acids is 1. The third-order valence-corrected chi connectivity index (χ3v) is 5.38. The van der Waals surface area contributed by atoms with E-state index in [0.29, 0.717) is 6.54 Å². The number of amides is 1. The van der Waals surface area contributed by atoms with E-state index in [9.17, 15) is 13.2 Å². The highest BCUT2D eigenvalue weighted by atomic mass is 32.2. The van der Waals surface area contributed by atoms with Crippen LogP contribution >= 0.6 is 0 Å². The molecular formula is C18H21NO3S. The smallest absolute Gasteiger partial charge is 0.228 e. The molecule has 0 aliphatic heterocycles. The fraction of sp³-hybridized carbons (Fsp3) is 0.278. The van der Waals surface area contributed by atoms with Crippen molar-refractivity contribution in [3.8, 4) is 0 Å². The van der Waals surface area contributed by atoms with Crippen LogP contribution < -0.4 is 4.90 Å². The lowest BCUT2D eigenvalue weighted by Crippen LogP contribution is -2.31. The molecule has 4 nitrogen and oxygen atoms in total. The molecule has 2 aromatic rings. The summed E-state index contributed by atoms with van der Waals surface area (Å²) in [6, 6.07) is 16.0. The van der Waals surface area contributed by atoms with E-state index >= 15 is 0 Å². The van der Waals surface area contributed by atoms with Gasteiger partial charge in [0.25, 0.3) is 0 Å². The molecule has 23 heavy (non-hydrogen) atoms. The summed E-state index contributed by atoms with van der Waals surface area (Å²) in [6.07, 6.45) is -0.0288. The molecule has 122 valence electrons. The van der Waals surface area contributed by atoms with Gasteiger partial charge in [0.15, 0.2) is 9.84 Å². The van der Waals surface area contributed by atoms with Crippen LogP contribution in [-0.2, 0) is 14.6 Å². The number of anilines is 1. The Kier molecular flexibility index (Phi) is 5.55. The first-order valence-electron chi connectivity index (χ1n) is 7.59. The Morgan fingerprint density at radius 3 is 2.17 bits per heavy atom. The Morgan fingerprint density at radius 1 is 1.00 bits per heavy atom. The molecule has 0 radical (unpaired) electrons. The van der Waals surface area contributed by atoms with E-state index in [-0.39, 0.29) is 23.0 Å². The Morgan fingerprint density at radius 2 is 1.61 bits per heavy atom. The molecule has 0 N–H and O–H groups in total. The molecule has 0 saturated heterocycles. The summed E-state index contributed by atoms with van der Waals surface area (Å²) in [5, 5.41) is 0. The van der Waals surface area contributed by atoms with E-state index in [1.807, 2.05) is 44.2 Å². The molecule has 2 aromatic carbocycles. The maximum atomic E-state index is 12.4. The van der Waals surface area contributed by atoms with Gasteiger partial charge in [0.1, 0.15) is 0 Å². The SMILES string of the molecule is CCN(C(=O)CCS(=O)(=O)c1ccc(C)cc1)c1ccccc1. The quantitative estimate of drug-likeness (QED) is 0.817.